The highest BCUT2D eigenvalue weighted by Crippen LogP contribution is 2.17. The number of carboxylic acid groups (broad SMARTS) is 1. The summed E-state index contributed by atoms with van der Waals surface area (Å²) >= 11 is 0. The number of aromatic carboxylic acids is 1. The largest absolute Gasteiger partial charge is 0.477 e. The number of carboxylic acids is 1. The van der Waals surface area contributed by atoms with Crippen LogP contribution in [-0.4, -0.2) is 20.6 Å². The number of aromatic nitrogens is 2. The number of rotatable bonds is 3. The summed E-state index contributed by atoms with van der Waals surface area (Å²) in [6, 6.07) is 12.5. The lowest BCUT2D eigenvalue weighted by Gasteiger charge is -2.12. The minimum atomic E-state index is -1.22. The molecule has 5 nitrogen and oxygen atoms in total. The molecule has 3 aromatic rings. The highest BCUT2D eigenvalue weighted by atomic mass is 16.4. The third kappa shape index (κ3) is 2.48. The summed E-state index contributed by atoms with van der Waals surface area (Å²) in [5.41, 5.74) is 1.67. The van der Waals surface area contributed by atoms with Crippen LogP contribution >= 0.6 is 0 Å². The molecule has 2 aromatic heterocycles. The maximum Gasteiger partial charge on any atom is 0.341 e. The Morgan fingerprint density at radius 3 is 2.73 bits per heavy atom. The third-order valence-electron chi connectivity index (χ3n) is 3.53. The fourth-order valence-corrected chi connectivity index (χ4v) is 2.45. The Balaban J connectivity index is 2.29. The second-order valence-corrected chi connectivity index (χ2v) is 5.14. The van der Waals surface area contributed by atoms with Crippen molar-refractivity contribution in [2.45, 2.75) is 13.5 Å². The Kier molecular flexibility index (Phi) is 3.47. The molecule has 1 aromatic carbocycles. The molecule has 0 spiro atoms. The zero-order valence-electron chi connectivity index (χ0n) is 12.0. The maximum absolute atomic E-state index is 12.5. The van der Waals surface area contributed by atoms with Gasteiger partial charge in [-0.05, 0) is 42.1 Å². The highest BCUT2D eigenvalue weighted by molar-refractivity contribution is 5.92. The van der Waals surface area contributed by atoms with E-state index >= 15 is 0 Å². The average molecular weight is 294 g/mol. The standard InChI is InChI=1S/C17H14N2O3/c1-11-5-6-12-9-14(17(21)22)16(20)19(15(12)8-11)10-13-4-2-3-7-18-13/h2-9H,10H2,1H3,(H,21,22). The van der Waals surface area contributed by atoms with Crippen molar-refractivity contribution in [1.29, 1.82) is 0 Å². The molecule has 1 N–H and O–H groups in total. The molecule has 2 heterocycles. The van der Waals surface area contributed by atoms with E-state index in [1.165, 1.54) is 10.6 Å². The Bertz CT molecular complexity index is 914. The number of pyridine rings is 2. The van der Waals surface area contributed by atoms with E-state index in [1.54, 1.807) is 12.3 Å². The molecule has 0 radical (unpaired) electrons. The van der Waals surface area contributed by atoms with Gasteiger partial charge >= 0.3 is 5.97 Å². The zero-order valence-corrected chi connectivity index (χ0v) is 12.0. The van der Waals surface area contributed by atoms with Gasteiger partial charge in [-0.3, -0.25) is 9.78 Å². The third-order valence-corrected chi connectivity index (χ3v) is 3.53. The van der Waals surface area contributed by atoms with E-state index < -0.39 is 11.5 Å². The van der Waals surface area contributed by atoms with Gasteiger partial charge in [0.2, 0.25) is 0 Å². The molecule has 0 aliphatic carbocycles. The monoisotopic (exact) mass is 294 g/mol. The normalized spacial score (nSPS) is 10.8. The highest BCUT2D eigenvalue weighted by Gasteiger charge is 2.15. The molecule has 0 aliphatic heterocycles. The van der Waals surface area contributed by atoms with Crippen LogP contribution in [0.2, 0.25) is 0 Å². The lowest BCUT2D eigenvalue weighted by atomic mass is 10.1. The van der Waals surface area contributed by atoms with Crippen LogP contribution in [-0.2, 0) is 6.54 Å². The maximum atomic E-state index is 12.5. The van der Waals surface area contributed by atoms with Crippen molar-refractivity contribution in [3.63, 3.8) is 0 Å². The molecule has 110 valence electrons. The molecular weight excluding hydrogens is 280 g/mol. The molecule has 0 amide bonds. The summed E-state index contributed by atoms with van der Waals surface area (Å²) in [6.07, 6.45) is 1.65. The fourth-order valence-electron chi connectivity index (χ4n) is 2.45. The minimum Gasteiger partial charge on any atom is -0.477 e. The Morgan fingerprint density at radius 2 is 2.05 bits per heavy atom. The van der Waals surface area contributed by atoms with E-state index in [9.17, 15) is 14.7 Å². The van der Waals surface area contributed by atoms with E-state index in [0.29, 0.717) is 11.2 Å². The van der Waals surface area contributed by atoms with Gasteiger partial charge in [0.25, 0.3) is 5.56 Å². The molecule has 3 rings (SSSR count). The van der Waals surface area contributed by atoms with Gasteiger partial charge in [-0.25, -0.2) is 4.79 Å². The van der Waals surface area contributed by atoms with Gasteiger partial charge in [0.05, 0.1) is 17.8 Å². The van der Waals surface area contributed by atoms with Gasteiger partial charge in [-0.2, -0.15) is 0 Å². The lowest BCUT2D eigenvalue weighted by molar-refractivity contribution is 0.0694. The van der Waals surface area contributed by atoms with Gasteiger partial charge in [-0.1, -0.05) is 18.2 Å². The topological polar surface area (TPSA) is 72.2 Å². The molecule has 0 saturated carbocycles. The molecule has 0 fully saturated rings. The number of nitrogens with zero attached hydrogens (tertiary/aromatic N) is 2. The number of hydrogen-bond donors (Lipinski definition) is 1. The zero-order chi connectivity index (χ0) is 15.7. The van der Waals surface area contributed by atoms with Crippen LogP contribution in [0.15, 0.2) is 53.5 Å². The van der Waals surface area contributed by atoms with Gasteiger partial charge < -0.3 is 9.67 Å². The van der Waals surface area contributed by atoms with E-state index in [0.717, 1.165) is 10.9 Å². The van der Waals surface area contributed by atoms with E-state index in [2.05, 4.69) is 4.98 Å². The van der Waals surface area contributed by atoms with Gasteiger partial charge in [0, 0.05) is 6.20 Å². The second-order valence-electron chi connectivity index (χ2n) is 5.14. The predicted molar refractivity (Wildman–Crippen MR) is 83.2 cm³/mol. The van der Waals surface area contributed by atoms with Crippen molar-refractivity contribution in [2.75, 3.05) is 0 Å². The number of hydrogen-bond acceptors (Lipinski definition) is 3. The van der Waals surface area contributed by atoms with Crippen molar-refractivity contribution in [2.24, 2.45) is 0 Å². The summed E-state index contributed by atoms with van der Waals surface area (Å²) in [6.45, 7) is 2.17. The SMILES string of the molecule is Cc1ccc2cc(C(=O)O)c(=O)n(Cc3ccccn3)c2c1. The molecule has 5 heteroatoms. The molecule has 0 bridgehead atoms. The molecule has 0 unspecified atom stereocenters. The average Bonchev–Trinajstić information content (AvgIpc) is 2.51. The summed E-state index contributed by atoms with van der Waals surface area (Å²) in [7, 11) is 0. The molecular formula is C17H14N2O3. The molecule has 0 aliphatic rings. The molecule has 22 heavy (non-hydrogen) atoms. The first-order chi connectivity index (χ1) is 10.6. The van der Waals surface area contributed by atoms with Crippen LogP contribution in [0.4, 0.5) is 0 Å². The Hall–Kier alpha value is -2.95. The van der Waals surface area contributed by atoms with Gasteiger partial charge in [0.15, 0.2) is 0 Å². The van der Waals surface area contributed by atoms with E-state index in [4.69, 9.17) is 0 Å². The van der Waals surface area contributed by atoms with Gasteiger partial charge in [-0.15, -0.1) is 0 Å². The Labute approximate surface area is 126 Å². The lowest BCUT2D eigenvalue weighted by Crippen LogP contribution is -2.27. The Morgan fingerprint density at radius 1 is 1.23 bits per heavy atom. The van der Waals surface area contributed by atoms with Crippen LogP contribution in [0.3, 0.4) is 0 Å². The predicted octanol–water partition coefficient (Wildman–Crippen LogP) is 2.45. The van der Waals surface area contributed by atoms with Crippen LogP contribution < -0.4 is 5.56 Å². The molecule has 0 atom stereocenters. The second kappa shape index (κ2) is 5.44. The van der Waals surface area contributed by atoms with Crippen LogP contribution in [0, 0.1) is 6.92 Å². The number of carbonyl (C=O) groups is 1. The van der Waals surface area contributed by atoms with Crippen molar-refractivity contribution in [3.8, 4) is 0 Å². The van der Waals surface area contributed by atoms with E-state index in [1.807, 2.05) is 37.3 Å². The number of fused-ring (bicyclic) bond motifs is 1. The summed E-state index contributed by atoms with van der Waals surface area (Å²) < 4.78 is 1.47. The smallest absolute Gasteiger partial charge is 0.341 e. The minimum absolute atomic E-state index is 0.229. The van der Waals surface area contributed by atoms with E-state index in [-0.39, 0.29) is 12.1 Å². The van der Waals surface area contributed by atoms with Crippen molar-refractivity contribution in [1.82, 2.24) is 9.55 Å². The van der Waals surface area contributed by atoms with Crippen molar-refractivity contribution >= 4 is 16.9 Å². The van der Waals surface area contributed by atoms with Gasteiger partial charge in [0.1, 0.15) is 5.56 Å². The van der Waals surface area contributed by atoms with Crippen LogP contribution in [0.5, 0.6) is 0 Å². The quantitative estimate of drug-likeness (QED) is 0.805. The first-order valence-electron chi connectivity index (χ1n) is 6.83. The molecule has 0 saturated heterocycles. The number of aryl methyl sites for hydroxylation is 1. The van der Waals surface area contributed by atoms with Crippen LogP contribution in [0.25, 0.3) is 10.9 Å². The summed E-state index contributed by atoms with van der Waals surface area (Å²) in [4.78, 5) is 28.0. The fraction of sp³-hybridized carbons (Fsp3) is 0.118. The van der Waals surface area contributed by atoms with Crippen LogP contribution in [0.1, 0.15) is 21.6 Å². The first kappa shape index (κ1) is 14.0. The van der Waals surface area contributed by atoms with Crippen molar-refractivity contribution < 1.29 is 9.90 Å². The first-order valence-corrected chi connectivity index (χ1v) is 6.83. The van der Waals surface area contributed by atoms with Crippen molar-refractivity contribution in [3.05, 3.63) is 75.8 Å². The summed E-state index contributed by atoms with van der Waals surface area (Å²) in [5.74, 6) is -1.22. The number of benzene rings is 1. The summed E-state index contributed by atoms with van der Waals surface area (Å²) in [5, 5.41) is 9.96.